The van der Waals surface area contributed by atoms with Crippen molar-refractivity contribution in [2.45, 2.75) is 26.3 Å². The molecule has 0 spiro atoms. The van der Waals surface area contributed by atoms with Crippen LogP contribution in [0.3, 0.4) is 0 Å². The number of nitrogens with zero attached hydrogens (tertiary/aromatic N) is 1. The summed E-state index contributed by atoms with van der Waals surface area (Å²) in [7, 11) is 0. The van der Waals surface area contributed by atoms with E-state index in [0.717, 1.165) is 23.3 Å². The van der Waals surface area contributed by atoms with Crippen molar-refractivity contribution >= 4 is 16.9 Å². The zero-order chi connectivity index (χ0) is 16.2. The van der Waals surface area contributed by atoms with Gasteiger partial charge in [-0.3, -0.25) is 4.79 Å². The number of amides is 1. The van der Waals surface area contributed by atoms with Crippen LogP contribution >= 0.6 is 0 Å². The van der Waals surface area contributed by atoms with E-state index < -0.39 is 0 Å². The summed E-state index contributed by atoms with van der Waals surface area (Å²) in [6.45, 7) is 4.25. The molecule has 0 aliphatic heterocycles. The second-order valence-electron chi connectivity index (χ2n) is 5.84. The fourth-order valence-corrected chi connectivity index (χ4v) is 2.65. The van der Waals surface area contributed by atoms with E-state index in [-0.39, 0.29) is 17.9 Å². The normalized spacial score (nSPS) is 13.7. The van der Waals surface area contributed by atoms with Crippen molar-refractivity contribution in [2.75, 3.05) is 0 Å². The molecule has 0 aliphatic carbocycles. The van der Waals surface area contributed by atoms with Gasteiger partial charge in [-0.15, -0.1) is 0 Å². The van der Waals surface area contributed by atoms with Gasteiger partial charge in [0.05, 0.1) is 17.1 Å². The summed E-state index contributed by atoms with van der Waals surface area (Å²) < 4.78 is 0. The van der Waals surface area contributed by atoms with Gasteiger partial charge < -0.3 is 10.3 Å². The Kier molecular flexibility index (Phi) is 4.42. The van der Waals surface area contributed by atoms with Gasteiger partial charge in [-0.2, -0.15) is 0 Å². The molecule has 2 aromatic carbocycles. The third-order valence-electron chi connectivity index (χ3n) is 4.24. The van der Waals surface area contributed by atoms with E-state index in [1.807, 2.05) is 54.6 Å². The quantitative estimate of drug-likeness (QED) is 0.746. The maximum atomic E-state index is 12.5. The lowest BCUT2D eigenvalue weighted by molar-refractivity contribution is 0.0920. The Morgan fingerprint density at radius 3 is 2.52 bits per heavy atom. The summed E-state index contributed by atoms with van der Waals surface area (Å²) in [6, 6.07) is 17.1. The van der Waals surface area contributed by atoms with Gasteiger partial charge in [-0.1, -0.05) is 50.6 Å². The van der Waals surface area contributed by atoms with Crippen molar-refractivity contribution in [1.82, 2.24) is 15.3 Å². The van der Waals surface area contributed by atoms with Crippen LogP contribution in [-0.4, -0.2) is 15.9 Å². The van der Waals surface area contributed by atoms with Crippen LogP contribution in [0.5, 0.6) is 0 Å². The molecule has 0 bridgehead atoms. The van der Waals surface area contributed by atoms with Gasteiger partial charge >= 0.3 is 0 Å². The molecule has 1 amide bonds. The van der Waals surface area contributed by atoms with Crippen LogP contribution in [0, 0.1) is 5.92 Å². The first kappa shape index (κ1) is 15.3. The summed E-state index contributed by atoms with van der Waals surface area (Å²) in [6.07, 6.45) is 0.955. The van der Waals surface area contributed by atoms with Crippen molar-refractivity contribution in [2.24, 2.45) is 5.92 Å². The molecule has 4 heteroatoms. The minimum Gasteiger partial charge on any atom is -0.342 e. The largest absolute Gasteiger partial charge is 0.342 e. The van der Waals surface area contributed by atoms with Crippen LogP contribution in [0.1, 0.15) is 42.5 Å². The van der Waals surface area contributed by atoms with Crippen LogP contribution in [0.15, 0.2) is 54.6 Å². The fourth-order valence-electron chi connectivity index (χ4n) is 2.65. The van der Waals surface area contributed by atoms with E-state index in [2.05, 4.69) is 29.1 Å². The molecule has 0 saturated heterocycles. The number of aromatic nitrogens is 2. The number of hydrogen-bond donors (Lipinski definition) is 2. The predicted molar refractivity (Wildman–Crippen MR) is 92.2 cm³/mol. The molecule has 2 unspecified atom stereocenters. The molecule has 0 radical (unpaired) electrons. The summed E-state index contributed by atoms with van der Waals surface area (Å²) in [5.41, 5.74) is 2.58. The first-order valence-corrected chi connectivity index (χ1v) is 7.99. The van der Waals surface area contributed by atoms with Gasteiger partial charge in [-0.25, -0.2) is 4.98 Å². The predicted octanol–water partition coefficient (Wildman–Crippen LogP) is 4.08. The SMILES string of the molecule is CCC(C)C(NC(=O)c1ccccc1)c1nc2ccccc2[nH]1. The fraction of sp³-hybridized carbons (Fsp3) is 0.263. The molecule has 118 valence electrons. The number of para-hydroxylation sites is 2. The number of aromatic amines is 1. The number of imidazole rings is 1. The van der Waals surface area contributed by atoms with Gasteiger partial charge in [0.2, 0.25) is 0 Å². The van der Waals surface area contributed by atoms with Crippen molar-refractivity contribution in [3.63, 3.8) is 0 Å². The number of rotatable bonds is 5. The van der Waals surface area contributed by atoms with Crippen molar-refractivity contribution in [1.29, 1.82) is 0 Å². The number of nitrogens with one attached hydrogen (secondary N) is 2. The highest BCUT2D eigenvalue weighted by Crippen LogP contribution is 2.25. The van der Waals surface area contributed by atoms with Crippen LogP contribution in [-0.2, 0) is 0 Å². The van der Waals surface area contributed by atoms with Gasteiger partial charge in [0.25, 0.3) is 5.91 Å². The average molecular weight is 307 g/mol. The Balaban J connectivity index is 1.90. The van der Waals surface area contributed by atoms with E-state index in [0.29, 0.717) is 5.56 Å². The highest BCUT2D eigenvalue weighted by molar-refractivity contribution is 5.94. The molecule has 0 fully saturated rings. The third kappa shape index (κ3) is 3.26. The van der Waals surface area contributed by atoms with Crippen LogP contribution in [0.4, 0.5) is 0 Å². The number of H-pyrrole nitrogens is 1. The highest BCUT2D eigenvalue weighted by atomic mass is 16.1. The van der Waals surface area contributed by atoms with E-state index in [1.165, 1.54) is 0 Å². The van der Waals surface area contributed by atoms with Crippen molar-refractivity contribution in [3.8, 4) is 0 Å². The Hall–Kier alpha value is -2.62. The smallest absolute Gasteiger partial charge is 0.251 e. The Labute approximate surface area is 136 Å². The Morgan fingerprint density at radius 1 is 1.13 bits per heavy atom. The third-order valence-corrected chi connectivity index (χ3v) is 4.24. The minimum absolute atomic E-state index is 0.0728. The first-order chi connectivity index (χ1) is 11.2. The molecule has 1 aromatic heterocycles. The molecular weight excluding hydrogens is 286 g/mol. The standard InChI is InChI=1S/C19H21N3O/c1-3-13(2)17(22-19(23)14-9-5-4-6-10-14)18-20-15-11-7-8-12-16(15)21-18/h4-13,17H,3H2,1-2H3,(H,20,21)(H,22,23). The lowest BCUT2D eigenvalue weighted by Gasteiger charge is -2.22. The highest BCUT2D eigenvalue weighted by Gasteiger charge is 2.24. The molecule has 4 nitrogen and oxygen atoms in total. The average Bonchev–Trinajstić information content (AvgIpc) is 3.03. The molecule has 1 heterocycles. The number of hydrogen-bond acceptors (Lipinski definition) is 2. The van der Waals surface area contributed by atoms with Crippen LogP contribution in [0.25, 0.3) is 11.0 Å². The second-order valence-corrected chi connectivity index (χ2v) is 5.84. The molecule has 3 aromatic rings. The van der Waals surface area contributed by atoms with Gasteiger partial charge in [0.1, 0.15) is 5.82 Å². The molecular formula is C19H21N3O. The maximum Gasteiger partial charge on any atom is 0.251 e. The van der Waals surface area contributed by atoms with E-state index in [1.54, 1.807) is 0 Å². The second kappa shape index (κ2) is 6.65. The van der Waals surface area contributed by atoms with Crippen molar-refractivity contribution in [3.05, 3.63) is 66.0 Å². The molecule has 0 aliphatic rings. The molecule has 3 rings (SSSR count). The number of benzene rings is 2. The number of fused-ring (bicyclic) bond motifs is 1. The van der Waals surface area contributed by atoms with E-state index in [9.17, 15) is 4.79 Å². The Bertz CT molecular complexity index is 761. The van der Waals surface area contributed by atoms with Crippen molar-refractivity contribution < 1.29 is 4.79 Å². The monoisotopic (exact) mass is 307 g/mol. The van der Waals surface area contributed by atoms with Crippen LogP contribution in [0.2, 0.25) is 0 Å². The molecule has 0 saturated carbocycles. The summed E-state index contributed by atoms with van der Waals surface area (Å²) in [5.74, 6) is 1.02. The lowest BCUT2D eigenvalue weighted by atomic mass is 9.98. The molecule has 2 N–H and O–H groups in total. The number of carbonyl (C=O) groups is 1. The maximum absolute atomic E-state index is 12.5. The molecule has 23 heavy (non-hydrogen) atoms. The van der Waals surface area contributed by atoms with E-state index >= 15 is 0 Å². The minimum atomic E-state index is -0.139. The lowest BCUT2D eigenvalue weighted by Crippen LogP contribution is -2.33. The van der Waals surface area contributed by atoms with E-state index in [4.69, 9.17) is 0 Å². The van der Waals surface area contributed by atoms with Gasteiger partial charge in [0.15, 0.2) is 0 Å². The number of carbonyl (C=O) groups excluding carboxylic acids is 1. The van der Waals surface area contributed by atoms with Crippen LogP contribution < -0.4 is 5.32 Å². The van der Waals surface area contributed by atoms with Gasteiger partial charge in [0, 0.05) is 5.56 Å². The zero-order valence-electron chi connectivity index (χ0n) is 13.4. The zero-order valence-corrected chi connectivity index (χ0v) is 13.4. The topological polar surface area (TPSA) is 57.8 Å². The van der Waals surface area contributed by atoms with Gasteiger partial charge in [-0.05, 0) is 30.2 Å². The molecule has 2 atom stereocenters. The first-order valence-electron chi connectivity index (χ1n) is 7.99. The Morgan fingerprint density at radius 2 is 1.83 bits per heavy atom. The summed E-state index contributed by atoms with van der Waals surface area (Å²) in [5, 5.41) is 3.13. The summed E-state index contributed by atoms with van der Waals surface area (Å²) in [4.78, 5) is 20.5. The summed E-state index contributed by atoms with van der Waals surface area (Å²) >= 11 is 0.